The number of rotatable bonds is 7. The van der Waals surface area contributed by atoms with E-state index in [1.807, 2.05) is 48.5 Å². The molecule has 6 nitrogen and oxygen atoms in total. The maximum absolute atomic E-state index is 13.0. The highest BCUT2D eigenvalue weighted by Crippen LogP contribution is 2.40. The van der Waals surface area contributed by atoms with E-state index in [-0.39, 0.29) is 22.5 Å². The number of carbonyl (C=O) groups is 1. The summed E-state index contributed by atoms with van der Waals surface area (Å²) in [6.45, 7) is 4.14. The van der Waals surface area contributed by atoms with Crippen LogP contribution in [0.4, 0.5) is 17.1 Å². The number of nitrogens with one attached hydrogen (secondary N) is 1. The Labute approximate surface area is 209 Å². The van der Waals surface area contributed by atoms with Crippen molar-refractivity contribution in [3.05, 3.63) is 95.0 Å². The third-order valence-electron chi connectivity index (χ3n) is 6.29. The summed E-state index contributed by atoms with van der Waals surface area (Å²) in [6, 6.07) is 23.4. The highest BCUT2D eigenvalue weighted by atomic mass is 35.5. The molecular weight excluding hydrogens is 460 g/mol. The molecule has 0 aliphatic carbocycles. The third kappa shape index (κ3) is 5.19. The van der Waals surface area contributed by atoms with Crippen LogP contribution in [-0.2, 0) is 5.54 Å². The Morgan fingerprint density at radius 2 is 1.69 bits per heavy atom. The summed E-state index contributed by atoms with van der Waals surface area (Å²) in [7, 11) is 0. The zero-order valence-corrected chi connectivity index (χ0v) is 20.4. The first-order valence-corrected chi connectivity index (χ1v) is 11.8. The number of nitrogens with two attached hydrogens (primary N) is 1. The van der Waals surface area contributed by atoms with E-state index in [1.54, 1.807) is 30.3 Å². The summed E-state index contributed by atoms with van der Waals surface area (Å²) < 4.78 is 0. The fourth-order valence-electron chi connectivity index (χ4n) is 3.98. The zero-order valence-electron chi connectivity index (χ0n) is 19.6. The summed E-state index contributed by atoms with van der Waals surface area (Å²) in [6.07, 6.45) is 1.66. The van der Waals surface area contributed by atoms with E-state index < -0.39 is 5.91 Å². The predicted octanol–water partition coefficient (Wildman–Crippen LogP) is 7.84. The predicted molar refractivity (Wildman–Crippen MR) is 142 cm³/mol. The summed E-state index contributed by atoms with van der Waals surface area (Å²) in [5.41, 5.74) is 8.59. The lowest BCUT2D eigenvalue weighted by atomic mass is 9.86. The molecule has 0 bridgehead atoms. The van der Waals surface area contributed by atoms with Gasteiger partial charge in [-0.1, -0.05) is 67.9 Å². The van der Waals surface area contributed by atoms with E-state index in [9.17, 15) is 9.90 Å². The van der Waals surface area contributed by atoms with Gasteiger partial charge in [0.1, 0.15) is 5.69 Å². The molecule has 0 fully saturated rings. The Morgan fingerprint density at radius 1 is 0.971 bits per heavy atom. The highest BCUT2D eigenvalue weighted by Gasteiger charge is 2.22. The van der Waals surface area contributed by atoms with Crippen LogP contribution in [0.15, 0.2) is 89.1 Å². The molecule has 0 saturated heterocycles. The molecule has 0 aliphatic heterocycles. The Balaban J connectivity index is 1.70. The SMILES string of the molecule is CCC(N)(CC)c1ccc(N=Nc2c(O)c(C(=O)Nc3cccc(Cl)c3)cc3ccccc23)cc1. The topological polar surface area (TPSA) is 100 Å². The molecule has 0 atom stereocenters. The number of amides is 1. The monoisotopic (exact) mass is 486 g/mol. The van der Waals surface area contributed by atoms with Crippen LogP contribution >= 0.6 is 11.6 Å². The first-order chi connectivity index (χ1) is 16.8. The molecule has 4 N–H and O–H groups in total. The van der Waals surface area contributed by atoms with Crippen molar-refractivity contribution in [1.29, 1.82) is 0 Å². The van der Waals surface area contributed by atoms with Gasteiger partial charge in [0.15, 0.2) is 5.75 Å². The van der Waals surface area contributed by atoms with Gasteiger partial charge in [-0.2, -0.15) is 5.11 Å². The molecule has 7 heteroatoms. The number of phenols is 1. The van der Waals surface area contributed by atoms with Crippen molar-refractivity contribution in [2.45, 2.75) is 32.2 Å². The third-order valence-corrected chi connectivity index (χ3v) is 6.53. The second kappa shape index (κ2) is 10.3. The second-order valence-corrected chi connectivity index (χ2v) is 8.85. The van der Waals surface area contributed by atoms with Crippen LogP contribution in [0.5, 0.6) is 5.75 Å². The largest absolute Gasteiger partial charge is 0.505 e. The second-order valence-electron chi connectivity index (χ2n) is 8.42. The molecular formula is C28H27ClN4O2. The minimum absolute atomic E-state index is 0.0896. The number of azo groups is 1. The number of nitrogens with zero attached hydrogens (tertiary/aromatic N) is 2. The normalized spacial score (nSPS) is 11.8. The molecule has 1 amide bonds. The summed E-state index contributed by atoms with van der Waals surface area (Å²) >= 11 is 6.02. The van der Waals surface area contributed by atoms with Crippen LogP contribution in [-0.4, -0.2) is 11.0 Å². The number of benzene rings is 4. The van der Waals surface area contributed by atoms with Crippen molar-refractivity contribution in [2.24, 2.45) is 16.0 Å². The smallest absolute Gasteiger partial charge is 0.259 e. The molecule has 4 aromatic carbocycles. The first kappa shape index (κ1) is 24.4. The Morgan fingerprint density at radius 3 is 2.37 bits per heavy atom. The Bertz CT molecular complexity index is 1400. The molecule has 178 valence electrons. The van der Waals surface area contributed by atoms with Crippen LogP contribution in [0.1, 0.15) is 42.6 Å². The van der Waals surface area contributed by atoms with Crippen molar-refractivity contribution < 1.29 is 9.90 Å². The molecule has 0 heterocycles. The van der Waals surface area contributed by atoms with E-state index in [2.05, 4.69) is 29.4 Å². The number of aromatic hydroxyl groups is 1. The van der Waals surface area contributed by atoms with Gasteiger partial charge in [0, 0.05) is 21.6 Å². The van der Waals surface area contributed by atoms with Crippen molar-refractivity contribution in [3.8, 4) is 5.75 Å². The van der Waals surface area contributed by atoms with Gasteiger partial charge < -0.3 is 16.2 Å². The van der Waals surface area contributed by atoms with E-state index in [4.69, 9.17) is 17.3 Å². The standard InChI is InChI=1S/C28H27ClN4O2/c1-3-28(30,4-2)19-12-14-21(15-13-19)32-33-25-23-11-6-5-8-18(23)16-24(26(25)34)27(35)31-22-10-7-9-20(29)17-22/h5-17,34H,3-4,30H2,1-2H3,(H,31,35). The lowest BCUT2D eigenvalue weighted by Crippen LogP contribution is -2.34. The number of anilines is 1. The maximum Gasteiger partial charge on any atom is 0.259 e. The first-order valence-electron chi connectivity index (χ1n) is 11.5. The molecule has 0 unspecified atom stereocenters. The quantitative estimate of drug-likeness (QED) is 0.232. The van der Waals surface area contributed by atoms with Crippen LogP contribution in [0, 0.1) is 0 Å². The molecule has 4 rings (SSSR count). The molecule has 0 spiro atoms. The number of fused-ring (bicyclic) bond motifs is 1. The van der Waals surface area contributed by atoms with Crippen molar-refractivity contribution in [1.82, 2.24) is 0 Å². The minimum Gasteiger partial charge on any atom is -0.505 e. The average Bonchev–Trinajstić information content (AvgIpc) is 2.87. The van der Waals surface area contributed by atoms with Gasteiger partial charge in [0.2, 0.25) is 0 Å². The van der Waals surface area contributed by atoms with Crippen LogP contribution in [0.3, 0.4) is 0 Å². The van der Waals surface area contributed by atoms with Gasteiger partial charge in [0.25, 0.3) is 5.91 Å². The summed E-state index contributed by atoms with van der Waals surface area (Å²) in [5.74, 6) is -0.726. The number of carbonyl (C=O) groups excluding carboxylic acids is 1. The minimum atomic E-state index is -0.477. The van der Waals surface area contributed by atoms with Gasteiger partial charge >= 0.3 is 0 Å². The van der Waals surface area contributed by atoms with Crippen LogP contribution < -0.4 is 11.1 Å². The zero-order chi connectivity index (χ0) is 25.0. The summed E-state index contributed by atoms with van der Waals surface area (Å²) in [4.78, 5) is 13.0. The molecule has 4 aromatic rings. The van der Waals surface area contributed by atoms with E-state index in [1.165, 1.54) is 0 Å². The van der Waals surface area contributed by atoms with Gasteiger partial charge in [0.05, 0.1) is 11.3 Å². The molecule has 35 heavy (non-hydrogen) atoms. The van der Waals surface area contributed by atoms with Crippen LogP contribution in [0.2, 0.25) is 5.02 Å². The van der Waals surface area contributed by atoms with E-state index in [0.717, 1.165) is 23.8 Å². The number of hydrogen-bond donors (Lipinski definition) is 3. The molecule has 0 saturated carbocycles. The van der Waals surface area contributed by atoms with Crippen molar-refractivity contribution in [2.75, 3.05) is 5.32 Å². The van der Waals surface area contributed by atoms with E-state index in [0.29, 0.717) is 21.8 Å². The van der Waals surface area contributed by atoms with Crippen molar-refractivity contribution >= 4 is 45.3 Å². The van der Waals surface area contributed by atoms with Gasteiger partial charge in [-0.3, -0.25) is 4.79 Å². The molecule has 0 radical (unpaired) electrons. The van der Waals surface area contributed by atoms with Gasteiger partial charge in [-0.05, 0) is 60.2 Å². The average molecular weight is 487 g/mol. The molecule has 0 aliphatic rings. The Hall–Kier alpha value is -3.74. The number of phenolic OH excluding ortho intramolecular Hbond substituents is 1. The van der Waals surface area contributed by atoms with E-state index >= 15 is 0 Å². The number of hydrogen-bond acceptors (Lipinski definition) is 5. The highest BCUT2D eigenvalue weighted by molar-refractivity contribution is 6.31. The fraction of sp³-hybridized carbons (Fsp3) is 0.179. The maximum atomic E-state index is 13.0. The molecule has 0 aromatic heterocycles. The summed E-state index contributed by atoms with van der Waals surface area (Å²) in [5, 5.41) is 24.4. The lowest BCUT2D eigenvalue weighted by molar-refractivity contribution is 0.102. The lowest BCUT2D eigenvalue weighted by Gasteiger charge is -2.27. The fourth-order valence-corrected chi connectivity index (χ4v) is 4.17. The number of halogens is 1. The van der Waals surface area contributed by atoms with Crippen molar-refractivity contribution in [3.63, 3.8) is 0 Å². The Kier molecular flexibility index (Phi) is 7.15. The van der Waals surface area contributed by atoms with Crippen LogP contribution in [0.25, 0.3) is 10.8 Å². The van der Waals surface area contributed by atoms with Gasteiger partial charge in [-0.25, -0.2) is 0 Å². The van der Waals surface area contributed by atoms with Gasteiger partial charge in [-0.15, -0.1) is 5.11 Å².